The highest BCUT2D eigenvalue weighted by molar-refractivity contribution is 6.30. The standard InChI is InChI=1S/C12H13ClO5/c1-18-10-4-2-7(13)6-9(10)8(12(16)17)3-5-11(14)15/h2,4,6,8H,3,5H2,1H3,(H,14,15)(H,16,17). The fourth-order valence-corrected chi connectivity index (χ4v) is 1.84. The molecule has 0 aromatic heterocycles. The summed E-state index contributed by atoms with van der Waals surface area (Å²) >= 11 is 5.82. The van der Waals surface area contributed by atoms with E-state index in [0.29, 0.717) is 16.3 Å². The average Bonchev–Trinajstić information content (AvgIpc) is 2.28. The van der Waals surface area contributed by atoms with Crippen molar-refractivity contribution in [3.05, 3.63) is 28.8 Å². The molecule has 1 aromatic rings. The van der Waals surface area contributed by atoms with Gasteiger partial charge in [-0.2, -0.15) is 0 Å². The van der Waals surface area contributed by atoms with E-state index >= 15 is 0 Å². The Morgan fingerprint density at radius 2 is 2.06 bits per heavy atom. The van der Waals surface area contributed by atoms with Crippen molar-refractivity contribution < 1.29 is 24.5 Å². The number of rotatable bonds is 6. The van der Waals surface area contributed by atoms with Gasteiger partial charge in [0.2, 0.25) is 0 Å². The number of methoxy groups -OCH3 is 1. The molecule has 0 saturated heterocycles. The fourth-order valence-electron chi connectivity index (χ4n) is 1.66. The third-order valence-corrected chi connectivity index (χ3v) is 2.75. The maximum Gasteiger partial charge on any atom is 0.311 e. The average molecular weight is 273 g/mol. The topological polar surface area (TPSA) is 83.8 Å². The highest BCUT2D eigenvalue weighted by atomic mass is 35.5. The van der Waals surface area contributed by atoms with E-state index in [0.717, 1.165) is 0 Å². The van der Waals surface area contributed by atoms with Crippen molar-refractivity contribution in [1.82, 2.24) is 0 Å². The lowest BCUT2D eigenvalue weighted by Gasteiger charge is -2.15. The molecule has 1 aromatic carbocycles. The lowest BCUT2D eigenvalue weighted by Crippen LogP contribution is -2.14. The summed E-state index contributed by atoms with van der Waals surface area (Å²) in [4.78, 5) is 21.7. The number of ether oxygens (including phenoxy) is 1. The highest BCUT2D eigenvalue weighted by Gasteiger charge is 2.24. The summed E-state index contributed by atoms with van der Waals surface area (Å²) in [7, 11) is 1.42. The zero-order valence-corrected chi connectivity index (χ0v) is 10.5. The van der Waals surface area contributed by atoms with Crippen molar-refractivity contribution in [3.63, 3.8) is 0 Å². The predicted molar refractivity (Wildman–Crippen MR) is 65.3 cm³/mol. The molecule has 0 amide bonds. The van der Waals surface area contributed by atoms with Gasteiger partial charge in [-0.3, -0.25) is 9.59 Å². The molecular weight excluding hydrogens is 260 g/mol. The third-order valence-electron chi connectivity index (χ3n) is 2.51. The SMILES string of the molecule is COc1ccc(Cl)cc1C(CCC(=O)O)C(=O)O. The molecule has 0 heterocycles. The largest absolute Gasteiger partial charge is 0.496 e. The van der Waals surface area contributed by atoms with Gasteiger partial charge in [-0.05, 0) is 24.6 Å². The van der Waals surface area contributed by atoms with Crippen molar-refractivity contribution >= 4 is 23.5 Å². The van der Waals surface area contributed by atoms with Crippen molar-refractivity contribution in [2.24, 2.45) is 0 Å². The first kappa shape index (κ1) is 14.3. The number of hydrogen-bond acceptors (Lipinski definition) is 3. The summed E-state index contributed by atoms with van der Waals surface area (Å²) in [6, 6.07) is 4.63. The molecule has 0 saturated carbocycles. The normalized spacial score (nSPS) is 11.9. The van der Waals surface area contributed by atoms with Crippen molar-refractivity contribution in [3.8, 4) is 5.75 Å². The van der Waals surface area contributed by atoms with Gasteiger partial charge < -0.3 is 14.9 Å². The van der Waals surface area contributed by atoms with E-state index in [1.807, 2.05) is 0 Å². The lowest BCUT2D eigenvalue weighted by molar-refractivity contribution is -0.140. The van der Waals surface area contributed by atoms with Crippen LogP contribution in [0.4, 0.5) is 0 Å². The maximum absolute atomic E-state index is 11.2. The molecule has 0 aliphatic heterocycles. The number of hydrogen-bond donors (Lipinski definition) is 2. The Balaban J connectivity index is 3.08. The van der Waals surface area contributed by atoms with Crippen LogP contribution in [0.25, 0.3) is 0 Å². The summed E-state index contributed by atoms with van der Waals surface area (Å²) in [6.45, 7) is 0. The number of halogens is 1. The molecular formula is C12H13ClO5. The first-order valence-electron chi connectivity index (χ1n) is 5.23. The van der Waals surface area contributed by atoms with Gasteiger partial charge in [0.15, 0.2) is 0 Å². The van der Waals surface area contributed by atoms with Gasteiger partial charge in [0.25, 0.3) is 0 Å². The molecule has 2 N–H and O–H groups in total. The van der Waals surface area contributed by atoms with Crippen LogP contribution in [0.2, 0.25) is 5.02 Å². The summed E-state index contributed by atoms with van der Waals surface area (Å²) < 4.78 is 5.07. The van der Waals surface area contributed by atoms with Gasteiger partial charge in [-0.1, -0.05) is 11.6 Å². The van der Waals surface area contributed by atoms with Crippen LogP contribution in [-0.4, -0.2) is 29.3 Å². The van der Waals surface area contributed by atoms with Crippen molar-refractivity contribution in [1.29, 1.82) is 0 Å². The number of benzene rings is 1. The fraction of sp³-hybridized carbons (Fsp3) is 0.333. The molecule has 18 heavy (non-hydrogen) atoms. The number of aliphatic carboxylic acids is 2. The Bertz CT molecular complexity index is 458. The van der Waals surface area contributed by atoms with Gasteiger partial charge in [0, 0.05) is 17.0 Å². The zero-order valence-electron chi connectivity index (χ0n) is 9.72. The molecule has 6 heteroatoms. The molecule has 0 spiro atoms. The quantitative estimate of drug-likeness (QED) is 0.831. The van der Waals surface area contributed by atoms with Crippen LogP contribution in [-0.2, 0) is 9.59 Å². The molecule has 0 radical (unpaired) electrons. The number of carbonyl (C=O) groups is 2. The maximum atomic E-state index is 11.2. The lowest BCUT2D eigenvalue weighted by atomic mass is 9.93. The minimum atomic E-state index is -1.10. The molecule has 0 aliphatic rings. The summed E-state index contributed by atoms with van der Waals surface area (Å²) in [5.41, 5.74) is 0.388. The second kappa shape index (κ2) is 6.26. The Kier molecular flexibility index (Phi) is 4.97. The Labute approximate surface area is 109 Å². The Morgan fingerprint density at radius 1 is 1.39 bits per heavy atom. The Hall–Kier alpha value is -1.75. The van der Waals surface area contributed by atoms with Crippen LogP contribution >= 0.6 is 11.6 Å². The molecule has 1 atom stereocenters. The minimum Gasteiger partial charge on any atom is -0.496 e. The van der Waals surface area contributed by atoms with E-state index < -0.39 is 17.9 Å². The summed E-state index contributed by atoms with van der Waals surface area (Å²) in [6.07, 6.45) is -0.242. The molecule has 1 unspecified atom stereocenters. The van der Waals surface area contributed by atoms with E-state index in [1.165, 1.54) is 13.2 Å². The monoisotopic (exact) mass is 272 g/mol. The Morgan fingerprint density at radius 3 is 2.56 bits per heavy atom. The van der Waals surface area contributed by atoms with Gasteiger partial charge in [0.05, 0.1) is 13.0 Å². The van der Waals surface area contributed by atoms with Crippen molar-refractivity contribution in [2.75, 3.05) is 7.11 Å². The first-order valence-corrected chi connectivity index (χ1v) is 5.61. The van der Waals surface area contributed by atoms with Crippen LogP contribution in [0.1, 0.15) is 24.3 Å². The van der Waals surface area contributed by atoms with Crippen LogP contribution < -0.4 is 4.74 Å². The molecule has 98 valence electrons. The number of carboxylic acids is 2. The molecule has 0 fully saturated rings. The van der Waals surface area contributed by atoms with E-state index in [-0.39, 0.29) is 12.8 Å². The van der Waals surface area contributed by atoms with E-state index in [1.54, 1.807) is 12.1 Å². The van der Waals surface area contributed by atoms with E-state index in [9.17, 15) is 9.59 Å². The second-order valence-electron chi connectivity index (χ2n) is 3.71. The molecule has 0 aliphatic carbocycles. The molecule has 5 nitrogen and oxygen atoms in total. The highest BCUT2D eigenvalue weighted by Crippen LogP contribution is 2.32. The van der Waals surface area contributed by atoms with Crippen molar-refractivity contribution in [2.45, 2.75) is 18.8 Å². The first-order chi connectivity index (χ1) is 8.45. The van der Waals surface area contributed by atoms with E-state index in [2.05, 4.69) is 0 Å². The zero-order chi connectivity index (χ0) is 13.7. The van der Waals surface area contributed by atoms with Crippen LogP contribution in [0.15, 0.2) is 18.2 Å². The van der Waals surface area contributed by atoms with Gasteiger partial charge >= 0.3 is 11.9 Å². The van der Waals surface area contributed by atoms with E-state index in [4.69, 9.17) is 26.6 Å². The smallest absolute Gasteiger partial charge is 0.311 e. The van der Waals surface area contributed by atoms with Crippen LogP contribution in [0, 0.1) is 0 Å². The van der Waals surface area contributed by atoms with Gasteiger partial charge in [-0.25, -0.2) is 0 Å². The molecule has 0 bridgehead atoms. The van der Waals surface area contributed by atoms with Crippen LogP contribution in [0.3, 0.4) is 0 Å². The summed E-state index contributed by atoms with van der Waals surface area (Å²) in [5, 5.41) is 18.2. The molecule has 1 rings (SSSR count). The summed E-state index contributed by atoms with van der Waals surface area (Å²) in [5.74, 6) is -2.70. The second-order valence-corrected chi connectivity index (χ2v) is 4.15. The van der Waals surface area contributed by atoms with Gasteiger partial charge in [-0.15, -0.1) is 0 Å². The minimum absolute atomic E-state index is 0.0125. The van der Waals surface area contributed by atoms with Crippen LogP contribution in [0.5, 0.6) is 5.75 Å². The number of carboxylic acid groups (broad SMARTS) is 2. The predicted octanol–water partition coefficient (Wildman–Crippen LogP) is 2.38. The third kappa shape index (κ3) is 3.63. The van der Waals surface area contributed by atoms with Gasteiger partial charge in [0.1, 0.15) is 5.75 Å².